The minimum Gasteiger partial charge on any atom is -0.400 e. The van der Waals surface area contributed by atoms with E-state index < -0.39 is 5.60 Å². The Bertz CT molecular complexity index is 772. The molecule has 2 aromatic heterocycles. The summed E-state index contributed by atoms with van der Waals surface area (Å²) in [5.41, 5.74) is 1.04. The Hall–Kier alpha value is -2.58. The van der Waals surface area contributed by atoms with Gasteiger partial charge in [0.25, 0.3) is 0 Å². The van der Waals surface area contributed by atoms with Crippen molar-refractivity contribution in [3.8, 4) is 11.3 Å². The lowest BCUT2D eigenvalue weighted by Gasteiger charge is -2.18. The molecule has 0 atom stereocenters. The molecule has 29 heavy (non-hydrogen) atoms. The van der Waals surface area contributed by atoms with E-state index in [1.54, 1.807) is 32.3 Å². The van der Waals surface area contributed by atoms with Gasteiger partial charge in [0.15, 0.2) is 11.6 Å². The Kier molecular flexibility index (Phi) is 8.48. The van der Waals surface area contributed by atoms with Crippen molar-refractivity contribution in [3.05, 3.63) is 30.2 Å². The average Bonchev–Trinajstić information content (AvgIpc) is 2.76. The van der Waals surface area contributed by atoms with Gasteiger partial charge in [-0.3, -0.25) is 9.78 Å². The van der Waals surface area contributed by atoms with Crippen LogP contribution in [-0.2, 0) is 10.4 Å². The maximum Gasteiger partial charge on any atom is 0.244 e. The maximum absolute atomic E-state index is 11.2. The minimum atomic E-state index is -0.980. The fraction of sp³-hybridized carbons (Fsp3) is 0.524. The molecule has 0 radical (unpaired) electrons. The molecule has 1 fully saturated rings. The summed E-state index contributed by atoms with van der Waals surface area (Å²) in [6.07, 6.45) is 12.2. The van der Waals surface area contributed by atoms with E-state index in [9.17, 15) is 9.90 Å². The third-order valence-corrected chi connectivity index (χ3v) is 4.63. The van der Waals surface area contributed by atoms with E-state index in [1.165, 1.54) is 38.5 Å². The second-order valence-electron chi connectivity index (χ2n) is 7.47. The van der Waals surface area contributed by atoms with E-state index in [4.69, 9.17) is 5.11 Å². The quantitative estimate of drug-likeness (QED) is 0.610. The van der Waals surface area contributed by atoms with Gasteiger partial charge in [-0.2, -0.15) is 0 Å². The van der Waals surface area contributed by atoms with E-state index in [1.807, 2.05) is 6.07 Å². The predicted octanol–water partition coefficient (Wildman–Crippen LogP) is 3.08. The van der Waals surface area contributed by atoms with E-state index in [2.05, 4.69) is 25.6 Å². The van der Waals surface area contributed by atoms with Gasteiger partial charge in [-0.15, -0.1) is 0 Å². The van der Waals surface area contributed by atoms with E-state index in [-0.39, 0.29) is 12.5 Å². The third-order valence-electron chi connectivity index (χ3n) is 4.63. The van der Waals surface area contributed by atoms with Gasteiger partial charge in [0.1, 0.15) is 5.60 Å². The van der Waals surface area contributed by atoms with Gasteiger partial charge in [0, 0.05) is 18.9 Å². The monoisotopic (exact) mass is 401 g/mol. The highest BCUT2D eigenvalue weighted by Crippen LogP contribution is 2.25. The molecule has 3 heterocycles. The number of rotatable bonds is 2. The van der Waals surface area contributed by atoms with Gasteiger partial charge >= 0.3 is 0 Å². The van der Waals surface area contributed by atoms with Crippen molar-refractivity contribution in [2.45, 2.75) is 58.0 Å². The van der Waals surface area contributed by atoms with E-state index >= 15 is 0 Å². The SMILES string of the molecule is C1CCCCC1.CC(C)(O)c1ccc(-c2cnc3c(n2)NCC(=O)N3)cn1.CO. The number of pyridine rings is 1. The molecule has 0 unspecified atom stereocenters. The number of aliphatic hydroxyl groups excluding tert-OH is 1. The second-order valence-corrected chi connectivity index (χ2v) is 7.47. The standard InChI is InChI=1S/C14H15N5O2.C6H12.CH4O/c1-14(2,21)10-4-3-8(5-15-10)9-6-16-13-12(18-9)17-7-11(20)19-13;1-2-4-6-5-3-1;1-2/h3-6,21H,7H2,1-2H3,(H,17,18)(H,16,19,20);1-6H2;2H,1H3. The largest absolute Gasteiger partial charge is 0.400 e. The summed E-state index contributed by atoms with van der Waals surface area (Å²) in [5.74, 6) is 0.829. The first kappa shape index (κ1) is 22.7. The Labute approximate surface area is 171 Å². The number of aliphatic hydroxyl groups is 2. The summed E-state index contributed by atoms with van der Waals surface area (Å²) < 4.78 is 0. The molecule has 8 nitrogen and oxygen atoms in total. The average molecular weight is 402 g/mol. The zero-order chi connectivity index (χ0) is 21.3. The van der Waals surface area contributed by atoms with Crippen LogP contribution >= 0.6 is 0 Å². The highest BCUT2D eigenvalue weighted by molar-refractivity contribution is 5.98. The Morgan fingerprint density at radius 3 is 2.07 bits per heavy atom. The van der Waals surface area contributed by atoms with Gasteiger partial charge < -0.3 is 20.8 Å². The number of carbonyl (C=O) groups is 1. The number of amides is 1. The van der Waals surface area contributed by atoms with Gasteiger partial charge in [-0.05, 0) is 26.0 Å². The molecular weight excluding hydrogens is 370 g/mol. The Morgan fingerprint density at radius 1 is 0.931 bits per heavy atom. The number of carbonyl (C=O) groups excluding carboxylic acids is 1. The molecule has 2 aromatic rings. The summed E-state index contributed by atoms with van der Waals surface area (Å²) in [5, 5.41) is 22.4. The second kappa shape index (κ2) is 10.8. The highest BCUT2D eigenvalue weighted by atomic mass is 16.3. The number of anilines is 2. The molecule has 158 valence electrons. The van der Waals surface area contributed by atoms with E-state index in [0.29, 0.717) is 23.0 Å². The lowest BCUT2D eigenvalue weighted by Crippen LogP contribution is -2.28. The predicted molar refractivity (Wildman–Crippen MR) is 113 cm³/mol. The van der Waals surface area contributed by atoms with Crippen LogP contribution in [0.3, 0.4) is 0 Å². The number of fused-ring (bicyclic) bond motifs is 1. The molecule has 1 aliphatic carbocycles. The summed E-state index contributed by atoms with van der Waals surface area (Å²) in [4.78, 5) is 24.1. The zero-order valence-electron chi connectivity index (χ0n) is 17.4. The van der Waals surface area contributed by atoms with Crippen molar-refractivity contribution in [1.29, 1.82) is 0 Å². The molecule has 0 saturated heterocycles. The lowest BCUT2D eigenvalue weighted by molar-refractivity contribution is -0.114. The maximum atomic E-state index is 11.2. The van der Waals surface area contributed by atoms with Gasteiger partial charge in [0.2, 0.25) is 5.91 Å². The van der Waals surface area contributed by atoms with Crippen molar-refractivity contribution >= 4 is 17.5 Å². The summed E-state index contributed by atoms with van der Waals surface area (Å²) in [6, 6.07) is 3.59. The number of aromatic nitrogens is 3. The fourth-order valence-corrected chi connectivity index (χ4v) is 3.05. The molecule has 8 heteroatoms. The van der Waals surface area contributed by atoms with Crippen LogP contribution in [0.2, 0.25) is 0 Å². The zero-order valence-corrected chi connectivity index (χ0v) is 17.4. The van der Waals surface area contributed by atoms with Gasteiger partial charge in [0.05, 0.1) is 24.1 Å². The summed E-state index contributed by atoms with van der Waals surface area (Å²) in [7, 11) is 1.00. The number of nitrogens with one attached hydrogen (secondary N) is 2. The van der Waals surface area contributed by atoms with Crippen molar-refractivity contribution in [1.82, 2.24) is 15.0 Å². The molecule has 1 amide bonds. The van der Waals surface area contributed by atoms with Crippen LogP contribution < -0.4 is 10.6 Å². The first-order valence-corrected chi connectivity index (χ1v) is 9.98. The van der Waals surface area contributed by atoms with Gasteiger partial charge in [-0.25, -0.2) is 9.97 Å². The molecule has 0 spiro atoms. The first-order valence-electron chi connectivity index (χ1n) is 9.98. The molecule has 4 rings (SSSR count). The van der Waals surface area contributed by atoms with Crippen molar-refractivity contribution in [2.24, 2.45) is 0 Å². The van der Waals surface area contributed by atoms with Crippen LogP contribution in [0.1, 0.15) is 58.1 Å². The van der Waals surface area contributed by atoms with Gasteiger partial charge in [-0.1, -0.05) is 38.5 Å². The number of hydrogen-bond donors (Lipinski definition) is 4. The van der Waals surface area contributed by atoms with Crippen LogP contribution in [0.5, 0.6) is 0 Å². The molecular formula is C21H31N5O3. The van der Waals surface area contributed by atoms with Crippen LogP contribution in [0.4, 0.5) is 11.6 Å². The van der Waals surface area contributed by atoms with Crippen LogP contribution in [0.25, 0.3) is 11.3 Å². The normalized spacial score (nSPS) is 15.4. The molecule has 1 saturated carbocycles. The minimum absolute atomic E-state index is 0.138. The Balaban J connectivity index is 0.000000317. The smallest absolute Gasteiger partial charge is 0.244 e. The summed E-state index contributed by atoms with van der Waals surface area (Å²) >= 11 is 0. The number of hydrogen-bond acceptors (Lipinski definition) is 7. The topological polar surface area (TPSA) is 120 Å². The fourth-order valence-electron chi connectivity index (χ4n) is 3.05. The van der Waals surface area contributed by atoms with Crippen molar-refractivity contribution in [3.63, 3.8) is 0 Å². The van der Waals surface area contributed by atoms with Crippen molar-refractivity contribution in [2.75, 3.05) is 24.3 Å². The summed E-state index contributed by atoms with van der Waals surface area (Å²) in [6.45, 7) is 3.54. The number of nitrogens with zero attached hydrogens (tertiary/aromatic N) is 3. The molecule has 0 aromatic carbocycles. The molecule has 2 aliphatic rings. The van der Waals surface area contributed by atoms with Crippen molar-refractivity contribution < 1.29 is 15.0 Å². The van der Waals surface area contributed by atoms with Crippen LogP contribution in [0.15, 0.2) is 24.5 Å². The third kappa shape index (κ3) is 6.76. The first-order chi connectivity index (χ1) is 13.9. The molecule has 4 N–H and O–H groups in total. The Morgan fingerprint density at radius 2 is 1.55 bits per heavy atom. The molecule has 1 aliphatic heterocycles. The van der Waals surface area contributed by atoms with Crippen LogP contribution in [-0.4, -0.2) is 44.7 Å². The molecule has 0 bridgehead atoms. The van der Waals surface area contributed by atoms with Crippen LogP contribution in [0, 0.1) is 0 Å². The highest BCUT2D eigenvalue weighted by Gasteiger charge is 2.19. The van der Waals surface area contributed by atoms with E-state index in [0.717, 1.165) is 12.7 Å². The lowest BCUT2D eigenvalue weighted by atomic mass is 10.0.